The van der Waals surface area contributed by atoms with E-state index in [0.29, 0.717) is 11.4 Å². The lowest BCUT2D eigenvalue weighted by Gasteiger charge is -2.09. The summed E-state index contributed by atoms with van der Waals surface area (Å²) in [6, 6.07) is 10.9. The van der Waals surface area contributed by atoms with E-state index in [-0.39, 0.29) is 12.0 Å². The van der Waals surface area contributed by atoms with Crippen molar-refractivity contribution in [3.63, 3.8) is 0 Å². The number of carbonyl (C=O) groups excluding carboxylic acids is 2. The van der Waals surface area contributed by atoms with Crippen LogP contribution in [-0.4, -0.2) is 25.6 Å². The van der Waals surface area contributed by atoms with Crippen LogP contribution in [0.2, 0.25) is 0 Å². The van der Waals surface area contributed by atoms with Gasteiger partial charge >= 0.3 is 12.1 Å². The number of benzene rings is 2. The van der Waals surface area contributed by atoms with E-state index in [9.17, 15) is 22.8 Å². The molecule has 0 heterocycles. The number of carbonyl (C=O) groups is 2. The highest BCUT2D eigenvalue weighted by Crippen LogP contribution is 2.29. The van der Waals surface area contributed by atoms with Gasteiger partial charge in [0.1, 0.15) is 5.75 Å². The molecule has 2 aromatic rings. The second-order valence-electron chi connectivity index (χ2n) is 5.31. The van der Waals surface area contributed by atoms with Crippen LogP contribution in [0.4, 0.5) is 18.9 Å². The van der Waals surface area contributed by atoms with Gasteiger partial charge in [-0.15, -0.1) is 0 Å². The number of esters is 1. The SMILES string of the molecule is COc1ccc(NC(=O)COC(=O)Cc2cccc(C(F)(F)F)c2)cc1. The molecule has 8 heteroatoms. The molecular formula is C18H16F3NO4. The molecule has 2 rings (SSSR count). The van der Waals surface area contributed by atoms with Crippen molar-refractivity contribution in [3.05, 3.63) is 59.7 Å². The molecule has 1 N–H and O–H groups in total. The third kappa shape index (κ3) is 5.80. The lowest BCUT2D eigenvalue weighted by molar-refractivity contribution is -0.146. The summed E-state index contributed by atoms with van der Waals surface area (Å²) in [7, 11) is 1.51. The van der Waals surface area contributed by atoms with E-state index in [1.807, 2.05) is 0 Å². The molecular weight excluding hydrogens is 351 g/mol. The van der Waals surface area contributed by atoms with E-state index in [2.05, 4.69) is 5.32 Å². The van der Waals surface area contributed by atoms with Gasteiger partial charge in [-0.05, 0) is 35.9 Å². The third-order valence-electron chi connectivity index (χ3n) is 3.34. The minimum Gasteiger partial charge on any atom is -0.497 e. The number of ether oxygens (including phenoxy) is 2. The van der Waals surface area contributed by atoms with Crippen LogP contribution in [-0.2, 0) is 26.9 Å². The van der Waals surface area contributed by atoms with E-state index >= 15 is 0 Å². The van der Waals surface area contributed by atoms with Crippen LogP contribution in [0.1, 0.15) is 11.1 Å². The van der Waals surface area contributed by atoms with E-state index in [1.54, 1.807) is 24.3 Å². The standard InChI is InChI=1S/C18H16F3NO4/c1-25-15-7-5-14(6-8-15)22-16(23)11-26-17(24)10-12-3-2-4-13(9-12)18(19,20)21/h2-9H,10-11H2,1H3,(H,22,23). The lowest BCUT2D eigenvalue weighted by Crippen LogP contribution is -2.21. The molecule has 0 aliphatic carbocycles. The van der Waals surface area contributed by atoms with Crippen molar-refractivity contribution in [2.75, 3.05) is 19.0 Å². The normalized spacial score (nSPS) is 10.9. The number of hydrogen-bond donors (Lipinski definition) is 1. The molecule has 0 spiro atoms. The van der Waals surface area contributed by atoms with Crippen molar-refractivity contribution in [2.45, 2.75) is 12.6 Å². The number of nitrogens with one attached hydrogen (secondary N) is 1. The first kappa shape index (κ1) is 19.3. The Morgan fingerprint density at radius 2 is 1.77 bits per heavy atom. The Morgan fingerprint density at radius 3 is 2.38 bits per heavy atom. The van der Waals surface area contributed by atoms with Gasteiger partial charge in [-0.25, -0.2) is 0 Å². The number of anilines is 1. The van der Waals surface area contributed by atoms with E-state index < -0.39 is 30.2 Å². The predicted molar refractivity (Wildman–Crippen MR) is 87.7 cm³/mol. The molecule has 0 atom stereocenters. The molecule has 0 radical (unpaired) electrons. The van der Waals surface area contributed by atoms with Gasteiger partial charge in [0, 0.05) is 5.69 Å². The third-order valence-corrected chi connectivity index (χ3v) is 3.34. The zero-order chi connectivity index (χ0) is 19.2. The van der Waals surface area contributed by atoms with Crippen LogP contribution in [0.25, 0.3) is 0 Å². The zero-order valence-corrected chi connectivity index (χ0v) is 13.8. The molecule has 0 saturated carbocycles. The minimum absolute atomic E-state index is 0.153. The largest absolute Gasteiger partial charge is 0.497 e. The Labute approximate surface area is 147 Å². The fraction of sp³-hybridized carbons (Fsp3) is 0.222. The number of methoxy groups -OCH3 is 1. The summed E-state index contributed by atoms with van der Waals surface area (Å²) in [6.45, 7) is -0.538. The van der Waals surface area contributed by atoms with Crippen molar-refractivity contribution in [1.82, 2.24) is 0 Å². The molecule has 1 amide bonds. The van der Waals surface area contributed by atoms with Crippen LogP contribution >= 0.6 is 0 Å². The molecule has 0 aliphatic heterocycles. The van der Waals surface area contributed by atoms with Gasteiger partial charge in [0.05, 0.1) is 19.1 Å². The van der Waals surface area contributed by atoms with Gasteiger partial charge in [-0.1, -0.05) is 18.2 Å². The van der Waals surface area contributed by atoms with Crippen LogP contribution in [0.15, 0.2) is 48.5 Å². The molecule has 0 unspecified atom stereocenters. The van der Waals surface area contributed by atoms with Crippen molar-refractivity contribution in [1.29, 1.82) is 0 Å². The number of hydrogen-bond acceptors (Lipinski definition) is 4. The number of rotatable bonds is 6. The number of halogens is 3. The summed E-state index contributed by atoms with van der Waals surface area (Å²) < 4.78 is 47.7. The average Bonchev–Trinajstić information content (AvgIpc) is 2.60. The quantitative estimate of drug-likeness (QED) is 0.795. The summed E-state index contributed by atoms with van der Waals surface area (Å²) >= 11 is 0. The Kier molecular flexibility index (Phi) is 6.21. The summed E-state index contributed by atoms with van der Waals surface area (Å²) in [5, 5.41) is 2.52. The molecule has 2 aromatic carbocycles. The molecule has 0 saturated heterocycles. The second-order valence-corrected chi connectivity index (χ2v) is 5.31. The lowest BCUT2D eigenvalue weighted by atomic mass is 10.1. The molecule has 0 aliphatic rings. The summed E-state index contributed by atoms with van der Waals surface area (Å²) in [6.07, 6.45) is -4.85. The van der Waals surface area contributed by atoms with Crippen LogP contribution in [0, 0.1) is 0 Å². The predicted octanol–water partition coefficient (Wildman–Crippen LogP) is 3.44. The molecule has 138 valence electrons. The van der Waals surface area contributed by atoms with Gasteiger partial charge in [0.15, 0.2) is 6.61 Å². The van der Waals surface area contributed by atoms with Crippen LogP contribution < -0.4 is 10.1 Å². The Morgan fingerprint density at radius 1 is 1.08 bits per heavy atom. The van der Waals surface area contributed by atoms with Gasteiger partial charge in [0.2, 0.25) is 0 Å². The highest BCUT2D eigenvalue weighted by molar-refractivity contribution is 5.92. The summed E-state index contributed by atoms with van der Waals surface area (Å²) in [5.41, 5.74) is -0.204. The van der Waals surface area contributed by atoms with E-state index in [4.69, 9.17) is 9.47 Å². The summed E-state index contributed by atoms with van der Waals surface area (Å²) in [5.74, 6) is -0.739. The maximum Gasteiger partial charge on any atom is 0.416 e. The molecule has 0 aromatic heterocycles. The minimum atomic E-state index is -4.49. The van der Waals surface area contributed by atoms with E-state index in [1.165, 1.54) is 19.2 Å². The second kappa shape index (κ2) is 8.37. The number of amides is 1. The fourth-order valence-corrected chi connectivity index (χ4v) is 2.09. The number of alkyl halides is 3. The van der Waals surface area contributed by atoms with Gasteiger partial charge in [-0.2, -0.15) is 13.2 Å². The Balaban J connectivity index is 1.83. The summed E-state index contributed by atoms with van der Waals surface area (Å²) in [4.78, 5) is 23.5. The first-order valence-corrected chi connectivity index (χ1v) is 7.53. The Bertz CT molecular complexity index is 773. The first-order chi connectivity index (χ1) is 12.3. The van der Waals surface area contributed by atoms with Crippen LogP contribution in [0.5, 0.6) is 5.75 Å². The van der Waals surface area contributed by atoms with Crippen molar-refractivity contribution in [3.8, 4) is 5.75 Å². The highest BCUT2D eigenvalue weighted by Gasteiger charge is 2.30. The average molecular weight is 367 g/mol. The molecule has 0 fully saturated rings. The smallest absolute Gasteiger partial charge is 0.416 e. The van der Waals surface area contributed by atoms with Gasteiger partial charge < -0.3 is 14.8 Å². The van der Waals surface area contributed by atoms with E-state index in [0.717, 1.165) is 12.1 Å². The van der Waals surface area contributed by atoms with Crippen molar-refractivity contribution < 1.29 is 32.2 Å². The van der Waals surface area contributed by atoms with Crippen molar-refractivity contribution in [2.24, 2.45) is 0 Å². The van der Waals surface area contributed by atoms with Crippen LogP contribution in [0.3, 0.4) is 0 Å². The highest BCUT2D eigenvalue weighted by atomic mass is 19.4. The zero-order valence-electron chi connectivity index (χ0n) is 13.8. The Hall–Kier alpha value is -3.03. The monoisotopic (exact) mass is 367 g/mol. The van der Waals surface area contributed by atoms with Crippen molar-refractivity contribution >= 4 is 17.6 Å². The molecule has 26 heavy (non-hydrogen) atoms. The fourth-order valence-electron chi connectivity index (χ4n) is 2.09. The maximum absolute atomic E-state index is 12.6. The molecule has 5 nitrogen and oxygen atoms in total. The first-order valence-electron chi connectivity index (χ1n) is 7.53. The topological polar surface area (TPSA) is 64.6 Å². The van der Waals surface area contributed by atoms with Gasteiger partial charge in [-0.3, -0.25) is 9.59 Å². The molecule has 0 bridgehead atoms. The van der Waals surface area contributed by atoms with Gasteiger partial charge in [0.25, 0.3) is 5.91 Å². The maximum atomic E-state index is 12.6.